The van der Waals surface area contributed by atoms with Crippen molar-refractivity contribution in [1.82, 2.24) is 0 Å². The minimum Gasteiger partial charge on any atom is -0.192 e. The molecule has 0 fully saturated rings. The van der Waals surface area contributed by atoms with Gasteiger partial charge in [0.2, 0.25) is 0 Å². The van der Waals surface area contributed by atoms with Crippen molar-refractivity contribution in [2.24, 2.45) is 0 Å². The zero-order valence-corrected chi connectivity index (χ0v) is 17.2. The third kappa shape index (κ3) is 5.09. The van der Waals surface area contributed by atoms with Crippen molar-refractivity contribution in [3.05, 3.63) is 107 Å². The molecule has 0 bridgehead atoms. The highest BCUT2D eigenvalue weighted by atomic mass is 14.2. The molecule has 0 unspecified atom stereocenters. The molecule has 0 aliphatic heterocycles. The molecule has 140 valence electrons. The van der Waals surface area contributed by atoms with E-state index in [9.17, 15) is 0 Å². The summed E-state index contributed by atoms with van der Waals surface area (Å²) in [7, 11) is 0. The van der Waals surface area contributed by atoms with E-state index in [0.29, 0.717) is 5.56 Å². The Kier molecular flexibility index (Phi) is 7.55. The smallest absolute Gasteiger partial charge is 0.0991 e. The normalized spacial score (nSPS) is 11.4. The second-order valence-corrected chi connectivity index (χ2v) is 6.74. The predicted octanol–water partition coefficient (Wildman–Crippen LogP) is 7.72. The molecule has 0 heterocycles. The second kappa shape index (κ2) is 10.1. The van der Waals surface area contributed by atoms with Crippen molar-refractivity contribution in [3.8, 4) is 6.07 Å². The van der Waals surface area contributed by atoms with E-state index >= 15 is 0 Å². The monoisotopic (exact) mass is 365 g/mol. The summed E-state index contributed by atoms with van der Waals surface area (Å²) in [6, 6.07) is 22.7. The van der Waals surface area contributed by atoms with E-state index < -0.39 is 0 Å². The summed E-state index contributed by atoms with van der Waals surface area (Å²) >= 11 is 0. The number of fused-ring (bicyclic) bond motifs is 1. The van der Waals surface area contributed by atoms with Crippen molar-refractivity contribution in [2.45, 2.75) is 27.7 Å². The van der Waals surface area contributed by atoms with Crippen molar-refractivity contribution in [2.75, 3.05) is 0 Å². The predicted molar refractivity (Wildman–Crippen MR) is 123 cm³/mol. The average molecular weight is 366 g/mol. The summed E-state index contributed by atoms with van der Waals surface area (Å²) in [6.07, 6.45) is 6.11. The molecule has 3 rings (SSSR count). The average Bonchev–Trinajstić information content (AvgIpc) is 2.73. The highest BCUT2D eigenvalue weighted by Gasteiger charge is 2.02. The molecular formula is C27H27N. The van der Waals surface area contributed by atoms with Crippen LogP contribution in [0.5, 0.6) is 0 Å². The van der Waals surface area contributed by atoms with E-state index in [1.165, 1.54) is 33.0 Å². The molecule has 1 heteroatoms. The molecule has 0 spiro atoms. The van der Waals surface area contributed by atoms with E-state index in [1.807, 2.05) is 31.2 Å². The minimum atomic E-state index is 0.691. The Morgan fingerprint density at radius 1 is 0.964 bits per heavy atom. The van der Waals surface area contributed by atoms with E-state index in [2.05, 4.69) is 82.0 Å². The van der Waals surface area contributed by atoms with Gasteiger partial charge in [-0.1, -0.05) is 66.8 Å². The number of nitriles is 1. The number of rotatable bonds is 3. The van der Waals surface area contributed by atoms with Crippen molar-refractivity contribution < 1.29 is 0 Å². The number of aryl methyl sites for hydroxylation is 1. The lowest BCUT2D eigenvalue weighted by Gasteiger charge is -2.07. The van der Waals surface area contributed by atoms with Crippen LogP contribution in [0.2, 0.25) is 0 Å². The molecule has 28 heavy (non-hydrogen) atoms. The van der Waals surface area contributed by atoms with Crippen LogP contribution < -0.4 is 0 Å². The van der Waals surface area contributed by atoms with Gasteiger partial charge in [-0.2, -0.15) is 5.26 Å². The minimum absolute atomic E-state index is 0.691. The zero-order chi connectivity index (χ0) is 20.5. The fourth-order valence-electron chi connectivity index (χ4n) is 2.99. The van der Waals surface area contributed by atoms with Crippen LogP contribution in [0.4, 0.5) is 0 Å². The molecule has 0 radical (unpaired) electrons. The molecule has 0 aliphatic carbocycles. The topological polar surface area (TPSA) is 23.8 Å². The van der Waals surface area contributed by atoms with E-state index in [-0.39, 0.29) is 0 Å². The Balaban J connectivity index is 0.000000878. The van der Waals surface area contributed by atoms with Gasteiger partial charge in [-0.25, -0.2) is 0 Å². The van der Waals surface area contributed by atoms with Gasteiger partial charge in [-0.3, -0.25) is 0 Å². The Labute approximate surface area is 169 Å². The lowest BCUT2D eigenvalue weighted by atomic mass is 9.97. The summed E-state index contributed by atoms with van der Waals surface area (Å²) in [5, 5.41) is 11.5. The number of nitrogens with zero attached hydrogens (tertiary/aromatic N) is 1. The van der Waals surface area contributed by atoms with Crippen molar-refractivity contribution in [1.29, 1.82) is 5.26 Å². The molecule has 0 saturated heterocycles. The standard InChI is InChI=1S/C24H21N.C3H6/c1-17(18(2)21-12-9-20(16-25)10-13-21)8-11-22-14-15-23-6-4-5-7-24(23)19(22)3;1-3-2/h4-15H,1-3H3;3H,1H2,2H3/b11-8+,18-17-;. The number of benzene rings is 3. The Bertz CT molecular complexity index is 1060. The van der Waals surface area contributed by atoms with Crippen LogP contribution in [0.15, 0.2) is 85.0 Å². The Morgan fingerprint density at radius 2 is 1.61 bits per heavy atom. The van der Waals surface area contributed by atoms with Gasteiger partial charge >= 0.3 is 0 Å². The number of hydrogen-bond donors (Lipinski definition) is 0. The van der Waals surface area contributed by atoms with E-state index in [4.69, 9.17) is 5.26 Å². The van der Waals surface area contributed by atoms with Crippen LogP contribution in [-0.4, -0.2) is 0 Å². The van der Waals surface area contributed by atoms with E-state index in [0.717, 1.165) is 5.56 Å². The molecule has 0 aromatic heterocycles. The Hall–Kier alpha value is -3.37. The zero-order valence-electron chi connectivity index (χ0n) is 17.2. The summed E-state index contributed by atoms with van der Waals surface area (Å²) in [5.74, 6) is 0. The highest BCUT2D eigenvalue weighted by Crippen LogP contribution is 2.24. The quantitative estimate of drug-likeness (QED) is 0.344. The molecule has 0 amide bonds. The summed E-state index contributed by atoms with van der Waals surface area (Å²) in [6.45, 7) is 11.7. The maximum Gasteiger partial charge on any atom is 0.0991 e. The molecule has 0 saturated carbocycles. The third-order valence-electron chi connectivity index (χ3n) is 4.79. The highest BCUT2D eigenvalue weighted by molar-refractivity contribution is 5.88. The Morgan fingerprint density at radius 3 is 2.25 bits per heavy atom. The fraction of sp³-hybridized carbons (Fsp3) is 0.148. The summed E-state index contributed by atoms with van der Waals surface area (Å²) < 4.78 is 0. The van der Waals surface area contributed by atoms with Gasteiger partial charge in [-0.15, -0.1) is 6.58 Å². The van der Waals surface area contributed by atoms with Gasteiger partial charge in [0.25, 0.3) is 0 Å². The molecular weight excluding hydrogens is 338 g/mol. The second-order valence-electron chi connectivity index (χ2n) is 6.74. The first-order chi connectivity index (χ1) is 13.5. The van der Waals surface area contributed by atoms with Crippen LogP contribution in [0.3, 0.4) is 0 Å². The van der Waals surface area contributed by atoms with Gasteiger partial charge in [-0.05, 0) is 78.4 Å². The first kappa shape index (κ1) is 20.9. The van der Waals surface area contributed by atoms with Crippen LogP contribution in [0, 0.1) is 18.3 Å². The van der Waals surface area contributed by atoms with Crippen molar-refractivity contribution >= 4 is 22.4 Å². The van der Waals surface area contributed by atoms with Crippen LogP contribution in [0.25, 0.3) is 22.4 Å². The van der Waals surface area contributed by atoms with Crippen molar-refractivity contribution in [3.63, 3.8) is 0 Å². The molecule has 0 atom stereocenters. The summed E-state index contributed by atoms with van der Waals surface area (Å²) in [5.41, 5.74) is 6.83. The van der Waals surface area contributed by atoms with Crippen LogP contribution in [0.1, 0.15) is 43.0 Å². The first-order valence-corrected chi connectivity index (χ1v) is 9.43. The fourth-order valence-corrected chi connectivity index (χ4v) is 2.99. The third-order valence-corrected chi connectivity index (χ3v) is 4.79. The molecule has 1 nitrogen and oxygen atoms in total. The molecule has 0 aliphatic rings. The number of allylic oxidation sites excluding steroid dienone is 4. The van der Waals surface area contributed by atoms with Crippen LogP contribution in [-0.2, 0) is 0 Å². The molecule has 3 aromatic rings. The molecule has 0 N–H and O–H groups in total. The van der Waals surface area contributed by atoms with Gasteiger partial charge in [0, 0.05) is 0 Å². The maximum atomic E-state index is 8.91. The van der Waals surface area contributed by atoms with Gasteiger partial charge < -0.3 is 0 Å². The van der Waals surface area contributed by atoms with Gasteiger partial charge in [0.1, 0.15) is 0 Å². The van der Waals surface area contributed by atoms with E-state index in [1.54, 1.807) is 6.08 Å². The van der Waals surface area contributed by atoms with Crippen LogP contribution >= 0.6 is 0 Å². The lowest BCUT2D eigenvalue weighted by Crippen LogP contribution is -1.86. The largest absolute Gasteiger partial charge is 0.192 e. The lowest BCUT2D eigenvalue weighted by molar-refractivity contribution is 1.43. The number of hydrogen-bond acceptors (Lipinski definition) is 1. The van der Waals surface area contributed by atoms with Gasteiger partial charge in [0.05, 0.1) is 11.6 Å². The summed E-state index contributed by atoms with van der Waals surface area (Å²) in [4.78, 5) is 0. The SMILES string of the molecule is C=CC.CC(/C=C/c1ccc2ccccc2c1C)=C(\C)c1ccc(C#N)cc1. The molecule has 3 aromatic carbocycles. The van der Waals surface area contributed by atoms with Gasteiger partial charge in [0.15, 0.2) is 0 Å². The first-order valence-electron chi connectivity index (χ1n) is 9.43. The maximum absolute atomic E-state index is 8.91.